The number of furan rings is 1. The Morgan fingerprint density at radius 2 is 1.89 bits per heavy atom. The van der Waals surface area contributed by atoms with Crippen molar-refractivity contribution in [1.82, 2.24) is 14.8 Å². The number of piperazine rings is 1. The molecule has 0 radical (unpaired) electrons. The number of rotatable bonds is 5. The van der Waals surface area contributed by atoms with Crippen molar-refractivity contribution < 1.29 is 18.7 Å². The second-order valence-electron chi connectivity index (χ2n) is 7.01. The molecule has 2 amide bonds. The largest absolute Gasteiger partial charge is 0.459 e. The van der Waals surface area contributed by atoms with Crippen LogP contribution in [0.3, 0.4) is 0 Å². The van der Waals surface area contributed by atoms with Gasteiger partial charge in [-0.05, 0) is 37.1 Å². The number of ether oxygens (including phenoxy) is 1. The minimum atomic E-state index is -0.142. The average molecular weight is 384 g/mol. The van der Waals surface area contributed by atoms with Crippen LogP contribution in [0.1, 0.15) is 33.9 Å². The number of nitrogens with one attached hydrogen (secondary N) is 1. The van der Waals surface area contributed by atoms with E-state index in [1.165, 1.54) is 6.26 Å². The Bertz CT molecular complexity index is 792. The second-order valence-corrected chi connectivity index (χ2v) is 7.01. The van der Waals surface area contributed by atoms with Gasteiger partial charge in [0.05, 0.1) is 24.3 Å². The number of aromatic nitrogens is 1. The van der Waals surface area contributed by atoms with Crippen LogP contribution < -0.4 is 5.32 Å². The maximum Gasteiger partial charge on any atom is 0.289 e. The van der Waals surface area contributed by atoms with E-state index in [0.29, 0.717) is 37.6 Å². The SMILES string of the molecule is O=C(c1ccc(NCC2CCCO2)cn1)N1CCN(C(=O)c2ccco2)CC1. The fourth-order valence-electron chi connectivity index (χ4n) is 3.49. The van der Waals surface area contributed by atoms with E-state index in [0.717, 1.165) is 31.7 Å². The first-order valence-electron chi connectivity index (χ1n) is 9.64. The van der Waals surface area contributed by atoms with Crippen LogP contribution in [0.4, 0.5) is 5.69 Å². The second kappa shape index (κ2) is 8.43. The van der Waals surface area contributed by atoms with Gasteiger partial charge in [-0.2, -0.15) is 0 Å². The molecule has 1 N–H and O–H groups in total. The van der Waals surface area contributed by atoms with Gasteiger partial charge in [-0.1, -0.05) is 0 Å². The number of hydrogen-bond donors (Lipinski definition) is 1. The molecule has 0 bridgehead atoms. The first-order chi connectivity index (χ1) is 13.7. The molecule has 8 heteroatoms. The first-order valence-corrected chi connectivity index (χ1v) is 9.64. The molecule has 2 fully saturated rings. The minimum absolute atomic E-state index is 0.115. The molecule has 0 saturated carbocycles. The molecule has 2 saturated heterocycles. The summed E-state index contributed by atoms with van der Waals surface area (Å²) in [5.41, 5.74) is 1.29. The fraction of sp³-hybridized carbons (Fsp3) is 0.450. The van der Waals surface area contributed by atoms with Crippen molar-refractivity contribution in [1.29, 1.82) is 0 Å². The van der Waals surface area contributed by atoms with Crippen molar-refractivity contribution in [3.05, 3.63) is 48.2 Å². The van der Waals surface area contributed by atoms with E-state index < -0.39 is 0 Å². The summed E-state index contributed by atoms with van der Waals surface area (Å²) >= 11 is 0. The molecule has 2 aliphatic heterocycles. The topological polar surface area (TPSA) is 87.9 Å². The van der Waals surface area contributed by atoms with Gasteiger partial charge < -0.3 is 24.3 Å². The Hall–Kier alpha value is -2.87. The van der Waals surface area contributed by atoms with Gasteiger partial charge in [-0.3, -0.25) is 9.59 Å². The van der Waals surface area contributed by atoms with Crippen LogP contribution in [0.25, 0.3) is 0 Å². The summed E-state index contributed by atoms with van der Waals surface area (Å²) < 4.78 is 10.7. The van der Waals surface area contributed by atoms with E-state index >= 15 is 0 Å². The smallest absolute Gasteiger partial charge is 0.289 e. The lowest BCUT2D eigenvalue weighted by molar-refractivity contribution is 0.0515. The van der Waals surface area contributed by atoms with E-state index in [4.69, 9.17) is 9.15 Å². The third-order valence-electron chi connectivity index (χ3n) is 5.13. The third-order valence-corrected chi connectivity index (χ3v) is 5.13. The highest BCUT2D eigenvalue weighted by Crippen LogP contribution is 2.15. The summed E-state index contributed by atoms with van der Waals surface area (Å²) in [5.74, 6) is 0.0696. The zero-order valence-corrected chi connectivity index (χ0v) is 15.7. The summed E-state index contributed by atoms with van der Waals surface area (Å²) in [6, 6.07) is 6.95. The third kappa shape index (κ3) is 4.17. The lowest BCUT2D eigenvalue weighted by Gasteiger charge is -2.34. The zero-order valence-electron chi connectivity index (χ0n) is 15.7. The van der Waals surface area contributed by atoms with Gasteiger partial charge in [-0.15, -0.1) is 0 Å². The summed E-state index contributed by atoms with van der Waals surface area (Å²) in [7, 11) is 0. The summed E-state index contributed by atoms with van der Waals surface area (Å²) in [6.07, 6.45) is 5.60. The summed E-state index contributed by atoms with van der Waals surface area (Å²) in [5, 5.41) is 3.30. The normalized spacial score (nSPS) is 19.6. The quantitative estimate of drug-likeness (QED) is 0.847. The van der Waals surface area contributed by atoms with Crippen LogP contribution in [-0.2, 0) is 4.74 Å². The van der Waals surface area contributed by atoms with Gasteiger partial charge in [-0.25, -0.2) is 4.98 Å². The molecule has 28 heavy (non-hydrogen) atoms. The number of hydrogen-bond acceptors (Lipinski definition) is 6. The number of carbonyl (C=O) groups excluding carboxylic acids is 2. The van der Waals surface area contributed by atoms with Gasteiger partial charge in [0.15, 0.2) is 5.76 Å². The lowest BCUT2D eigenvalue weighted by Crippen LogP contribution is -2.50. The predicted octanol–water partition coefficient (Wildman–Crippen LogP) is 1.86. The van der Waals surface area contributed by atoms with Crippen molar-refractivity contribution >= 4 is 17.5 Å². The zero-order chi connectivity index (χ0) is 19.3. The number of amides is 2. The van der Waals surface area contributed by atoms with E-state index in [-0.39, 0.29) is 17.9 Å². The number of carbonyl (C=O) groups is 2. The first kappa shape index (κ1) is 18.5. The van der Waals surface area contributed by atoms with Crippen LogP contribution in [0.5, 0.6) is 0 Å². The average Bonchev–Trinajstić information content (AvgIpc) is 3.46. The van der Waals surface area contributed by atoms with Crippen molar-refractivity contribution in [2.45, 2.75) is 18.9 Å². The molecule has 2 aromatic heterocycles. The highest BCUT2D eigenvalue weighted by molar-refractivity contribution is 5.93. The molecular formula is C20H24N4O4. The number of pyridine rings is 1. The van der Waals surface area contributed by atoms with Gasteiger partial charge >= 0.3 is 0 Å². The lowest BCUT2D eigenvalue weighted by atomic mass is 10.2. The van der Waals surface area contributed by atoms with Crippen molar-refractivity contribution in [3.8, 4) is 0 Å². The van der Waals surface area contributed by atoms with Crippen molar-refractivity contribution in [2.75, 3.05) is 44.6 Å². The molecule has 0 aromatic carbocycles. The Morgan fingerprint density at radius 1 is 1.11 bits per heavy atom. The molecule has 1 unspecified atom stereocenters. The summed E-state index contributed by atoms with van der Waals surface area (Å²) in [6.45, 7) is 3.50. The van der Waals surface area contributed by atoms with Crippen LogP contribution >= 0.6 is 0 Å². The Balaban J connectivity index is 1.28. The van der Waals surface area contributed by atoms with Crippen molar-refractivity contribution in [3.63, 3.8) is 0 Å². The van der Waals surface area contributed by atoms with E-state index in [9.17, 15) is 9.59 Å². The van der Waals surface area contributed by atoms with Crippen molar-refractivity contribution in [2.24, 2.45) is 0 Å². The molecule has 2 aromatic rings. The van der Waals surface area contributed by atoms with E-state index in [1.54, 1.807) is 34.2 Å². The maximum atomic E-state index is 12.7. The molecule has 4 heterocycles. The Labute approximate surface area is 163 Å². The van der Waals surface area contributed by atoms with Crippen LogP contribution in [0.15, 0.2) is 41.1 Å². The molecule has 1 atom stereocenters. The number of nitrogens with zero attached hydrogens (tertiary/aromatic N) is 3. The predicted molar refractivity (Wildman–Crippen MR) is 102 cm³/mol. The van der Waals surface area contributed by atoms with Gasteiger partial charge in [0.2, 0.25) is 0 Å². The van der Waals surface area contributed by atoms with Gasteiger partial charge in [0.1, 0.15) is 5.69 Å². The Kier molecular flexibility index (Phi) is 5.57. The highest BCUT2D eigenvalue weighted by Gasteiger charge is 2.27. The number of anilines is 1. The molecule has 4 rings (SSSR count). The molecular weight excluding hydrogens is 360 g/mol. The van der Waals surface area contributed by atoms with Gasteiger partial charge in [0.25, 0.3) is 11.8 Å². The van der Waals surface area contributed by atoms with Crippen LogP contribution in [0.2, 0.25) is 0 Å². The highest BCUT2D eigenvalue weighted by atomic mass is 16.5. The summed E-state index contributed by atoms with van der Waals surface area (Å²) in [4.78, 5) is 32.7. The molecule has 2 aliphatic rings. The fourth-order valence-corrected chi connectivity index (χ4v) is 3.49. The molecule has 8 nitrogen and oxygen atoms in total. The maximum absolute atomic E-state index is 12.7. The van der Waals surface area contributed by atoms with Gasteiger partial charge in [0, 0.05) is 39.3 Å². The van der Waals surface area contributed by atoms with E-state index in [1.807, 2.05) is 6.07 Å². The van der Waals surface area contributed by atoms with Crippen LogP contribution in [-0.4, -0.2) is 72.0 Å². The standard InChI is InChI=1S/C20H24N4O4/c25-19(17-6-5-15(13-22-17)21-14-16-3-1-11-27-16)23-7-9-24(10-8-23)20(26)18-4-2-12-28-18/h2,4-6,12-13,16,21H,1,3,7-11,14H2. The monoisotopic (exact) mass is 384 g/mol. The molecule has 148 valence electrons. The Morgan fingerprint density at radius 3 is 2.50 bits per heavy atom. The minimum Gasteiger partial charge on any atom is -0.459 e. The van der Waals surface area contributed by atoms with E-state index in [2.05, 4.69) is 10.3 Å². The van der Waals surface area contributed by atoms with Crippen LogP contribution in [0, 0.1) is 0 Å². The molecule has 0 aliphatic carbocycles. The molecule has 0 spiro atoms.